The van der Waals surface area contributed by atoms with E-state index < -0.39 is 29.8 Å². The van der Waals surface area contributed by atoms with E-state index in [1.807, 2.05) is 0 Å². The smallest absolute Gasteiger partial charge is 0.320 e. The van der Waals surface area contributed by atoms with Crippen LogP contribution in [0.5, 0.6) is 0 Å². The molecular weight excluding hydrogens is 162 g/mol. The van der Waals surface area contributed by atoms with Gasteiger partial charge in [0, 0.05) is 0 Å². The van der Waals surface area contributed by atoms with Crippen LogP contribution in [-0.2, 0) is 9.59 Å². The molecule has 0 saturated carbocycles. The van der Waals surface area contributed by atoms with Crippen molar-refractivity contribution in [3.63, 3.8) is 0 Å². The van der Waals surface area contributed by atoms with Crippen molar-refractivity contribution in [1.82, 2.24) is 0 Å². The highest BCUT2D eigenvalue weighted by molar-refractivity contribution is 5.76. The maximum atomic E-state index is 10.4. The van der Waals surface area contributed by atoms with Crippen molar-refractivity contribution in [3.05, 3.63) is 0 Å². The van der Waals surface area contributed by atoms with E-state index in [2.05, 4.69) is 0 Å². The van der Waals surface area contributed by atoms with Crippen LogP contribution in [0.15, 0.2) is 0 Å². The predicted octanol–water partition coefficient (Wildman–Crippen LogP) is -0.245. The highest BCUT2D eigenvalue weighted by Gasteiger charge is 2.28. The van der Waals surface area contributed by atoms with Crippen LogP contribution in [0.3, 0.4) is 0 Å². The van der Waals surface area contributed by atoms with Crippen molar-refractivity contribution in [1.29, 1.82) is 0 Å². The summed E-state index contributed by atoms with van der Waals surface area (Å²) in [5.74, 6) is -3.51. The molecular formula is C7H13NO4. The summed E-state index contributed by atoms with van der Waals surface area (Å²) >= 11 is 0. The van der Waals surface area contributed by atoms with Crippen molar-refractivity contribution in [3.8, 4) is 0 Å². The molecule has 5 heteroatoms. The van der Waals surface area contributed by atoms with Crippen molar-refractivity contribution in [2.45, 2.75) is 19.9 Å². The van der Waals surface area contributed by atoms with E-state index in [4.69, 9.17) is 15.9 Å². The Morgan fingerprint density at radius 1 is 1.17 bits per heavy atom. The van der Waals surface area contributed by atoms with Crippen molar-refractivity contribution >= 4 is 11.9 Å². The lowest BCUT2D eigenvalue weighted by Crippen LogP contribution is -2.41. The van der Waals surface area contributed by atoms with E-state index in [1.165, 1.54) is 13.8 Å². The quantitative estimate of drug-likeness (QED) is 0.547. The lowest BCUT2D eigenvalue weighted by atomic mass is 9.89. The van der Waals surface area contributed by atoms with Crippen molar-refractivity contribution in [2.24, 2.45) is 17.6 Å². The third-order valence-corrected chi connectivity index (χ3v) is 2.03. The van der Waals surface area contributed by atoms with Gasteiger partial charge in [-0.3, -0.25) is 9.59 Å². The Labute approximate surface area is 70.2 Å². The van der Waals surface area contributed by atoms with Gasteiger partial charge in [-0.05, 0) is 5.92 Å². The zero-order valence-electron chi connectivity index (χ0n) is 7.02. The van der Waals surface area contributed by atoms with Crippen LogP contribution >= 0.6 is 0 Å². The average molecular weight is 175 g/mol. The van der Waals surface area contributed by atoms with Gasteiger partial charge >= 0.3 is 11.9 Å². The van der Waals surface area contributed by atoms with Crippen molar-refractivity contribution < 1.29 is 19.8 Å². The first-order valence-electron chi connectivity index (χ1n) is 3.59. The molecule has 0 aromatic heterocycles. The summed E-state index contributed by atoms with van der Waals surface area (Å²) in [6.07, 6.45) is 0. The molecule has 0 aliphatic carbocycles. The monoisotopic (exact) mass is 175 g/mol. The van der Waals surface area contributed by atoms with Gasteiger partial charge < -0.3 is 15.9 Å². The first-order chi connectivity index (χ1) is 5.37. The van der Waals surface area contributed by atoms with Gasteiger partial charge in [0.05, 0.1) is 5.92 Å². The number of carboxylic acids is 2. The topological polar surface area (TPSA) is 101 Å². The maximum Gasteiger partial charge on any atom is 0.320 e. The fourth-order valence-electron chi connectivity index (χ4n) is 0.761. The Bertz CT molecular complexity index is 172. The molecule has 0 aromatic rings. The Kier molecular flexibility index (Phi) is 3.69. The molecule has 4 N–H and O–H groups in total. The minimum absolute atomic E-state index is 0.569. The Morgan fingerprint density at radius 2 is 1.58 bits per heavy atom. The molecule has 70 valence electrons. The number of hydrogen-bond acceptors (Lipinski definition) is 3. The molecule has 0 aromatic carbocycles. The van der Waals surface area contributed by atoms with Crippen LogP contribution in [-0.4, -0.2) is 28.2 Å². The predicted molar refractivity (Wildman–Crippen MR) is 41.6 cm³/mol. The molecule has 0 spiro atoms. The standard InChI is InChI=1S/C7H13NO4/c1-3(4(2)6(9)10)5(8)7(11)12/h3-5H,8H2,1-2H3,(H,9,10)(H,11,12)/t3-,4+,5-/m1/s1. The third-order valence-electron chi connectivity index (χ3n) is 2.03. The third kappa shape index (κ3) is 2.50. The van der Waals surface area contributed by atoms with E-state index >= 15 is 0 Å². The first kappa shape index (κ1) is 10.9. The SMILES string of the molecule is C[C@H]([C@H](C)C(=O)O)[C@@H](N)C(=O)O. The summed E-state index contributed by atoms with van der Waals surface area (Å²) in [6.45, 7) is 2.95. The highest BCUT2D eigenvalue weighted by Crippen LogP contribution is 2.14. The summed E-state index contributed by atoms with van der Waals surface area (Å²) < 4.78 is 0. The number of hydrogen-bond donors (Lipinski definition) is 3. The van der Waals surface area contributed by atoms with Gasteiger partial charge in [0.15, 0.2) is 0 Å². The van der Waals surface area contributed by atoms with Gasteiger partial charge in [-0.2, -0.15) is 0 Å². The van der Waals surface area contributed by atoms with Crippen LogP contribution in [0.4, 0.5) is 0 Å². The van der Waals surface area contributed by atoms with Crippen LogP contribution in [0.2, 0.25) is 0 Å². The normalized spacial score (nSPS) is 17.9. The summed E-state index contributed by atoms with van der Waals surface area (Å²) in [7, 11) is 0. The molecule has 5 nitrogen and oxygen atoms in total. The second-order valence-corrected chi connectivity index (χ2v) is 2.85. The van der Waals surface area contributed by atoms with Gasteiger partial charge in [0.2, 0.25) is 0 Å². The van der Waals surface area contributed by atoms with E-state index in [0.717, 1.165) is 0 Å². The zero-order chi connectivity index (χ0) is 9.89. The lowest BCUT2D eigenvalue weighted by molar-refractivity contribution is -0.145. The number of carbonyl (C=O) groups is 2. The average Bonchev–Trinajstić information content (AvgIpc) is 2.00. The molecule has 0 aliphatic heterocycles. The number of aliphatic carboxylic acids is 2. The Balaban J connectivity index is 4.28. The van der Waals surface area contributed by atoms with Crippen LogP contribution in [0.1, 0.15) is 13.8 Å². The van der Waals surface area contributed by atoms with Crippen LogP contribution in [0.25, 0.3) is 0 Å². The number of rotatable bonds is 4. The molecule has 0 radical (unpaired) electrons. The molecule has 0 amide bonds. The van der Waals surface area contributed by atoms with Crippen molar-refractivity contribution in [2.75, 3.05) is 0 Å². The van der Waals surface area contributed by atoms with E-state index in [0.29, 0.717) is 0 Å². The summed E-state index contributed by atoms with van der Waals surface area (Å²) in [6, 6.07) is -1.11. The molecule has 3 atom stereocenters. The second kappa shape index (κ2) is 4.06. The molecule has 0 unspecified atom stereocenters. The second-order valence-electron chi connectivity index (χ2n) is 2.85. The zero-order valence-corrected chi connectivity index (χ0v) is 7.02. The van der Waals surface area contributed by atoms with Gasteiger partial charge in [-0.15, -0.1) is 0 Å². The van der Waals surface area contributed by atoms with E-state index in [9.17, 15) is 9.59 Å². The van der Waals surface area contributed by atoms with Gasteiger partial charge in [0.1, 0.15) is 6.04 Å². The Hall–Kier alpha value is -1.10. The van der Waals surface area contributed by atoms with E-state index in [1.54, 1.807) is 0 Å². The van der Waals surface area contributed by atoms with Gasteiger partial charge in [-0.1, -0.05) is 13.8 Å². The Morgan fingerprint density at radius 3 is 1.83 bits per heavy atom. The molecule has 12 heavy (non-hydrogen) atoms. The maximum absolute atomic E-state index is 10.4. The van der Waals surface area contributed by atoms with Gasteiger partial charge in [0.25, 0.3) is 0 Å². The first-order valence-corrected chi connectivity index (χ1v) is 3.59. The molecule has 0 aliphatic rings. The number of carboxylic acid groups (broad SMARTS) is 2. The van der Waals surface area contributed by atoms with Gasteiger partial charge in [-0.25, -0.2) is 0 Å². The summed E-state index contributed by atoms with van der Waals surface area (Å²) in [5.41, 5.74) is 5.24. The summed E-state index contributed by atoms with van der Waals surface area (Å²) in [5, 5.41) is 17.0. The fraction of sp³-hybridized carbons (Fsp3) is 0.714. The van der Waals surface area contributed by atoms with Crippen LogP contribution < -0.4 is 5.73 Å². The molecule has 0 rings (SSSR count). The molecule has 0 heterocycles. The minimum Gasteiger partial charge on any atom is -0.481 e. The molecule has 0 saturated heterocycles. The minimum atomic E-state index is -1.17. The van der Waals surface area contributed by atoms with E-state index in [-0.39, 0.29) is 0 Å². The molecule has 0 bridgehead atoms. The van der Waals surface area contributed by atoms with Crippen LogP contribution in [0, 0.1) is 11.8 Å². The summed E-state index contributed by atoms with van der Waals surface area (Å²) in [4.78, 5) is 20.8. The largest absolute Gasteiger partial charge is 0.481 e. The fourth-order valence-corrected chi connectivity index (χ4v) is 0.761. The molecule has 0 fully saturated rings. The highest BCUT2D eigenvalue weighted by atomic mass is 16.4. The number of nitrogens with two attached hydrogens (primary N) is 1. The lowest BCUT2D eigenvalue weighted by Gasteiger charge is -2.19.